The second-order valence-electron chi connectivity index (χ2n) is 5.54. The van der Waals surface area contributed by atoms with Crippen LogP contribution in [0.2, 0.25) is 0 Å². The first-order chi connectivity index (χ1) is 11.9. The highest BCUT2D eigenvalue weighted by Crippen LogP contribution is 2.22. The van der Waals surface area contributed by atoms with Gasteiger partial charge in [0.15, 0.2) is 11.4 Å². The van der Waals surface area contributed by atoms with Gasteiger partial charge in [-0.15, -0.1) is 0 Å². The SMILES string of the molecule is CC(=O)c1cc(NC(=O)CCc2nc3ncc(Br)cc3[nH]2)ccc1O. The fraction of sp³-hybridized carbons (Fsp3) is 0.176. The molecule has 0 aliphatic heterocycles. The van der Waals surface area contributed by atoms with Gasteiger partial charge in [-0.25, -0.2) is 9.97 Å². The molecule has 0 aliphatic carbocycles. The van der Waals surface area contributed by atoms with Crippen LogP contribution >= 0.6 is 15.9 Å². The monoisotopic (exact) mass is 402 g/mol. The number of phenolic OH excluding ortho intramolecular Hbond substituents is 1. The third kappa shape index (κ3) is 4.03. The van der Waals surface area contributed by atoms with E-state index >= 15 is 0 Å². The third-order valence-corrected chi connectivity index (χ3v) is 4.04. The molecule has 1 aromatic carbocycles. The van der Waals surface area contributed by atoms with Crippen LogP contribution in [0.15, 0.2) is 34.9 Å². The van der Waals surface area contributed by atoms with Crippen molar-refractivity contribution in [2.45, 2.75) is 19.8 Å². The van der Waals surface area contributed by atoms with Crippen LogP contribution in [-0.2, 0) is 11.2 Å². The first-order valence-electron chi connectivity index (χ1n) is 7.56. The van der Waals surface area contributed by atoms with Crippen molar-refractivity contribution in [1.82, 2.24) is 15.0 Å². The minimum atomic E-state index is -0.269. The first-order valence-corrected chi connectivity index (χ1v) is 8.35. The van der Waals surface area contributed by atoms with Gasteiger partial charge in [0.1, 0.15) is 11.6 Å². The maximum atomic E-state index is 12.1. The van der Waals surface area contributed by atoms with E-state index in [1.54, 1.807) is 12.3 Å². The van der Waals surface area contributed by atoms with E-state index in [0.29, 0.717) is 23.6 Å². The zero-order valence-corrected chi connectivity index (χ0v) is 14.9. The number of aryl methyl sites for hydroxylation is 1. The van der Waals surface area contributed by atoms with E-state index < -0.39 is 0 Å². The maximum absolute atomic E-state index is 12.1. The van der Waals surface area contributed by atoms with Gasteiger partial charge in [-0.2, -0.15) is 0 Å². The number of benzene rings is 1. The summed E-state index contributed by atoms with van der Waals surface area (Å²) in [7, 11) is 0. The number of hydrogen-bond acceptors (Lipinski definition) is 5. The zero-order chi connectivity index (χ0) is 18.0. The lowest BCUT2D eigenvalue weighted by Gasteiger charge is -2.07. The molecule has 3 rings (SSSR count). The molecule has 25 heavy (non-hydrogen) atoms. The number of imidazole rings is 1. The summed E-state index contributed by atoms with van der Waals surface area (Å²) in [6.45, 7) is 1.36. The van der Waals surface area contributed by atoms with Crippen LogP contribution in [0.5, 0.6) is 5.75 Å². The van der Waals surface area contributed by atoms with Gasteiger partial charge in [0.05, 0.1) is 11.1 Å². The first kappa shape index (κ1) is 17.1. The van der Waals surface area contributed by atoms with Crippen molar-refractivity contribution < 1.29 is 14.7 Å². The molecule has 0 saturated carbocycles. The highest BCUT2D eigenvalue weighted by atomic mass is 79.9. The van der Waals surface area contributed by atoms with Gasteiger partial charge in [-0.3, -0.25) is 9.59 Å². The van der Waals surface area contributed by atoms with Crippen LogP contribution in [0, 0.1) is 0 Å². The number of H-pyrrole nitrogens is 1. The van der Waals surface area contributed by atoms with Crippen LogP contribution in [0.1, 0.15) is 29.5 Å². The largest absolute Gasteiger partial charge is 0.507 e. The molecule has 0 bridgehead atoms. The van der Waals surface area contributed by atoms with E-state index in [1.165, 1.54) is 19.1 Å². The Balaban J connectivity index is 1.64. The lowest BCUT2D eigenvalue weighted by molar-refractivity contribution is -0.116. The summed E-state index contributed by atoms with van der Waals surface area (Å²) >= 11 is 3.35. The second kappa shape index (κ2) is 7.02. The van der Waals surface area contributed by atoms with Crippen molar-refractivity contribution in [3.8, 4) is 5.75 Å². The molecular weight excluding hydrogens is 388 g/mol. The Labute approximate surface area is 151 Å². The number of aromatic nitrogens is 3. The van der Waals surface area contributed by atoms with Crippen molar-refractivity contribution in [2.24, 2.45) is 0 Å². The molecule has 2 aromatic heterocycles. The summed E-state index contributed by atoms with van der Waals surface area (Å²) in [5.74, 6) is 0.0849. The van der Waals surface area contributed by atoms with Crippen molar-refractivity contribution >= 4 is 44.5 Å². The molecule has 128 valence electrons. The molecule has 3 N–H and O–H groups in total. The number of amides is 1. The van der Waals surface area contributed by atoms with Crippen molar-refractivity contribution in [3.63, 3.8) is 0 Å². The zero-order valence-electron chi connectivity index (χ0n) is 13.3. The number of nitrogens with one attached hydrogen (secondary N) is 2. The van der Waals surface area contributed by atoms with E-state index in [4.69, 9.17) is 0 Å². The number of nitrogens with zero attached hydrogens (tertiary/aromatic N) is 2. The standard InChI is InChI=1S/C17H15BrN4O3/c1-9(23)12-7-11(2-3-14(12)24)20-16(25)5-4-15-21-13-6-10(18)8-19-17(13)22-15/h2-3,6-8,24H,4-5H2,1H3,(H,20,25)(H,19,21,22). The lowest BCUT2D eigenvalue weighted by Crippen LogP contribution is -2.13. The number of hydrogen-bond donors (Lipinski definition) is 3. The van der Waals surface area contributed by atoms with Crippen LogP contribution < -0.4 is 5.32 Å². The number of pyridine rings is 1. The number of aromatic hydroxyl groups is 1. The Morgan fingerprint density at radius 3 is 2.88 bits per heavy atom. The number of phenols is 1. The summed E-state index contributed by atoms with van der Waals surface area (Å²) < 4.78 is 0.849. The van der Waals surface area contributed by atoms with Crippen LogP contribution in [0.3, 0.4) is 0 Å². The molecule has 2 heterocycles. The van der Waals surface area contributed by atoms with Gasteiger partial charge in [0.25, 0.3) is 0 Å². The molecule has 0 atom stereocenters. The molecule has 7 nitrogen and oxygen atoms in total. The van der Waals surface area contributed by atoms with E-state index in [1.807, 2.05) is 6.07 Å². The Morgan fingerprint density at radius 1 is 1.32 bits per heavy atom. The average molecular weight is 403 g/mol. The minimum Gasteiger partial charge on any atom is -0.507 e. The van der Waals surface area contributed by atoms with Crippen LogP contribution in [0.25, 0.3) is 11.2 Å². The Bertz CT molecular complexity index is 968. The van der Waals surface area contributed by atoms with Gasteiger partial charge in [0.2, 0.25) is 5.91 Å². The normalized spacial score (nSPS) is 10.8. The Hall–Kier alpha value is -2.74. The van der Waals surface area contributed by atoms with E-state index in [9.17, 15) is 14.7 Å². The number of ketones is 1. The molecule has 0 radical (unpaired) electrons. The molecule has 3 aromatic rings. The fourth-order valence-electron chi connectivity index (χ4n) is 2.39. The quantitative estimate of drug-likeness (QED) is 0.448. The molecule has 0 saturated heterocycles. The topological polar surface area (TPSA) is 108 Å². The highest BCUT2D eigenvalue weighted by molar-refractivity contribution is 9.10. The highest BCUT2D eigenvalue weighted by Gasteiger charge is 2.11. The Morgan fingerprint density at radius 2 is 2.12 bits per heavy atom. The Kier molecular flexibility index (Phi) is 4.80. The number of halogens is 1. The number of rotatable bonds is 5. The van der Waals surface area contributed by atoms with E-state index in [2.05, 4.69) is 36.2 Å². The third-order valence-electron chi connectivity index (χ3n) is 3.60. The summed E-state index contributed by atoms with van der Waals surface area (Å²) in [5, 5.41) is 12.3. The summed E-state index contributed by atoms with van der Waals surface area (Å²) in [6.07, 6.45) is 2.31. The van der Waals surface area contributed by atoms with Crippen molar-refractivity contribution in [2.75, 3.05) is 5.32 Å². The molecule has 0 fully saturated rings. The molecular formula is C17H15BrN4O3. The van der Waals surface area contributed by atoms with Crippen LogP contribution in [-0.4, -0.2) is 31.7 Å². The fourth-order valence-corrected chi connectivity index (χ4v) is 2.73. The van der Waals surface area contributed by atoms with E-state index in [-0.39, 0.29) is 29.4 Å². The van der Waals surface area contributed by atoms with Gasteiger partial charge in [0, 0.05) is 29.2 Å². The summed E-state index contributed by atoms with van der Waals surface area (Å²) in [5.41, 5.74) is 2.03. The van der Waals surface area contributed by atoms with Gasteiger partial charge >= 0.3 is 0 Å². The van der Waals surface area contributed by atoms with Crippen molar-refractivity contribution in [1.29, 1.82) is 0 Å². The predicted octanol–water partition coefficient (Wildman–Crippen LogP) is 3.20. The predicted molar refractivity (Wildman–Crippen MR) is 96.7 cm³/mol. The number of carbonyl (C=O) groups is 2. The maximum Gasteiger partial charge on any atom is 0.224 e. The molecule has 0 aliphatic rings. The number of aromatic amines is 1. The number of Topliss-reactive ketones (excluding diaryl/α,β-unsaturated/α-hetero) is 1. The van der Waals surface area contributed by atoms with E-state index in [0.717, 1.165) is 9.99 Å². The molecule has 1 amide bonds. The minimum absolute atomic E-state index is 0.105. The van der Waals surface area contributed by atoms with Gasteiger partial charge in [-0.05, 0) is 47.1 Å². The number of anilines is 1. The number of carbonyl (C=O) groups excluding carboxylic acids is 2. The number of fused-ring (bicyclic) bond motifs is 1. The molecule has 8 heteroatoms. The smallest absolute Gasteiger partial charge is 0.224 e. The van der Waals surface area contributed by atoms with Crippen LogP contribution in [0.4, 0.5) is 5.69 Å². The van der Waals surface area contributed by atoms with Crippen molar-refractivity contribution in [3.05, 3.63) is 46.3 Å². The summed E-state index contributed by atoms with van der Waals surface area (Å²) in [6, 6.07) is 6.26. The summed E-state index contributed by atoms with van der Waals surface area (Å²) in [4.78, 5) is 35.2. The van der Waals surface area contributed by atoms with Gasteiger partial charge in [-0.1, -0.05) is 0 Å². The van der Waals surface area contributed by atoms with Gasteiger partial charge < -0.3 is 15.4 Å². The average Bonchev–Trinajstić information content (AvgIpc) is 2.96. The molecule has 0 spiro atoms. The molecule has 0 unspecified atom stereocenters. The lowest BCUT2D eigenvalue weighted by atomic mass is 10.1. The second-order valence-corrected chi connectivity index (χ2v) is 6.46.